The molecule has 0 saturated carbocycles. The molecule has 1 heterocycles. The van der Waals surface area contributed by atoms with Gasteiger partial charge in [0.2, 0.25) is 5.91 Å². The van der Waals surface area contributed by atoms with Crippen LogP contribution < -0.4 is 5.32 Å². The van der Waals surface area contributed by atoms with Gasteiger partial charge in [-0.3, -0.25) is 9.35 Å². The molecule has 0 aromatic rings. The Hall–Kier alpha value is -0.940. The van der Waals surface area contributed by atoms with Gasteiger partial charge in [0.1, 0.15) is 30.5 Å². The maximum absolute atomic E-state index is 13.0. The van der Waals surface area contributed by atoms with E-state index in [1.807, 2.05) is 0 Å². The summed E-state index contributed by atoms with van der Waals surface area (Å²) in [6.07, 6.45) is 22.3. The lowest BCUT2D eigenvalue weighted by molar-refractivity contribution is -0.298. The van der Waals surface area contributed by atoms with Crippen molar-refractivity contribution in [2.24, 2.45) is 0 Å². The molecule has 0 radical (unpaired) electrons. The second-order valence-corrected chi connectivity index (χ2v) is 17.2. The minimum absolute atomic E-state index is 0.265. The normalized spacial score (nSPS) is 21.9. The van der Waals surface area contributed by atoms with Crippen LogP contribution in [0.25, 0.3) is 0 Å². The van der Waals surface area contributed by atoms with Crippen LogP contribution in [0.4, 0.5) is 0 Å². The highest BCUT2D eigenvalue weighted by Gasteiger charge is 2.48. The minimum Gasteiger partial charge on any atom is -0.394 e. The number of hydrogen-bond donors (Lipinski definition) is 7. The maximum atomic E-state index is 13.0. The number of unbranched alkanes of at least 4 members (excludes halogenated alkanes) is 25. The van der Waals surface area contributed by atoms with Crippen molar-refractivity contribution >= 4 is 16.3 Å². The van der Waals surface area contributed by atoms with Crippen LogP contribution >= 0.6 is 0 Å². The Kier molecular flexibility index (Phi) is 32.1. The molecule has 13 nitrogen and oxygen atoms in total. The Labute approximate surface area is 340 Å². The molecule has 0 aromatic carbocycles. The number of amides is 1. The first-order valence-corrected chi connectivity index (χ1v) is 23.9. The zero-order valence-electron chi connectivity index (χ0n) is 35.1. The number of rotatable bonds is 38. The van der Waals surface area contributed by atoms with Gasteiger partial charge < -0.3 is 40.3 Å². The van der Waals surface area contributed by atoms with Gasteiger partial charge in [0.25, 0.3) is 0 Å². The first-order valence-electron chi connectivity index (χ1n) is 22.5. The van der Waals surface area contributed by atoms with Crippen LogP contribution in [0.2, 0.25) is 0 Å². The lowest BCUT2D eigenvalue weighted by Crippen LogP contribution is -2.61. The van der Waals surface area contributed by atoms with E-state index in [-0.39, 0.29) is 6.42 Å². The number of aliphatic hydroxyl groups is 5. The second kappa shape index (κ2) is 33.8. The summed E-state index contributed by atoms with van der Waals surface area (Å²) < 4.78 is 47.2. The molecule has 1 rings (SSSR count). The molecule has 1 fully saturated rings. The van der Waals surface area contributed by atoms with Crippen LogP contribution in [0.15, 0.2) is 0 Å². The predicted octanol–water partition coefficient (Wildman–Crippen LogP) is 7.19. The third kappa shape index (κ3) is 26.2. The third-order valence-corrected chi connectivity index (χ3v) is 11.5. The van der Waals surface area contributed by atoms with Crippen LogP contribution in [0.1, 0.15) is 200 Å². The summed E-state index contributed by atoms with van der Waals surface area (Å²) in [5, 5.41) is 54.8. The molecule has 334 valence electrons. The van der Waals surface area contributed by atoms with Crippen molar-refractivity contribution in [3.8, 4) is 0 Å². The standard InChI is InChI=1S/C42H83NO12S/c1-3-5-7-9-10-11-12-13-14-15-16-17-18-19-20-21-22-23-24-25-27-29-31-36(46)41(49)43-34(35(45)30-28-26-8-6-4-2)33-53-42-39(48)40(55-56(50,51)52)38(47)37(32-44)54-42/h34-40,42,44-48H,3-33H2,1-2H3,(H,43,49)(H,50,51,52). The predicted molar refractivity (Wildman–Crippen MR) is 219 cm³/mol. The minimum atomic E-state index is -5.10. The lowest BCUT2D eigenvalue weighted by atomic mass is 9.99. The Morgan fingerprint density at radius 3 is 1.43 bits per heavy atom. The number of ether oxygens (including phenoxy) is 2. The Balaban J connectivity index is 2.33. The first kappa shape index (κ1) is 53.1. The third-order valence-electron chi connectivity index (χ3n) is 11.0. The molecule has 8 unspecified atom stereocenters. The van der Waals surface area contributed by atoms with E-state index in [2.05, 4.69) is 23.3 Å². The Morgan fingerprint density at radius 1 is 0.643 bits per heavy atom. The topological polar surface area (TPSA) is 212 Å². The number of carbonyl (C=O) groups excluding carboxylic acids is 1. The summed E-state index contributed by atoms with van der Waals surface area (Å²) in [5.41, 5.74) is 0. The van der Waals surface area contributed by atoms with E-state index in [0.29, 0.717) is 19.3 Å². The highest BCUT2D eigenvalue weighted by atomic mass is 32.3. The van der Waals surface area contributed by atoms with Crippen molar-refractivity contribution in [3.63, 3.8) is 0 Å². The van der Waals surface area contributed by atoms with Crippen LogP contribution in [0.3, 0.4) is 0 Å². The van der Waals surface area contributed by atoms with Crippen LogP contribution in [-0.2, 0) is 28.9 Å². The number of hydrogen-bond acceptors (Lipinski definition) is 11. The Bertz CT molecular complexity index is 1040. The number of aliphatic hydroxyl groups excluding tert-OH is 5. The summed E-state index contributed by atoms with van der Waals surface area (Å²) >= 11 is 0. The van der Waals surface area contributed by atoms with Crippen molar-refractivity contribution in [3.05, 3.63) is 0 Å². The molecule has 1 amide bonds. The monoisotopic (exact) mass is 826 g/mol. The molecular formula is C42H83NO12S. The smallest absolute Gasteiger partial charge is 0.394 e. The van der Waals surface area contributed by atoms with Gasteiger partial charge in [-0.05, 0) is 12.8 Å². The molecule has 0 spiro atoms. The van der Waals surface area contributed by atoms with Crippen molar-refractivity contribution < 1.29 is 57.0 Å². The summed E-state index contributed by atoms with van der Waals surface area (Å²) in [7, 11) is -5.10. The van der Waals surface area contributed by atoms with Crippen LogP contribution in [0.5, 0.6) is 0 Å². The molecule has 0 aliphatic carbocycles. The van der Waals surface area contributed by atoms with E-state index in [1.54, 1.807) is 0 Å². The quantitative estimate of drug-likeness (QED) is 0.0244. The Morgan fingerprint density at radius 2 is 1.04 bits per heavy atom. The second-order valence-electron chi connectivity index (χ2n) is 16.1. The van der Waals surface area contributed by atoms with Gasteiger partial charge in [-0.1, -0.05) is 187 Å². The molecule has 1 aliphatic heterocycles. The van der Waals surface area contributed by atoms with Gasteiger partial charge in [-0.15, -0.1) is 0 Å². The fourth-order valence-corrected chi connectivity index (χ4v) is 7.92. The van der Waals surface area contributed by atoms with Gasteiger partial charge >= 0.3 is 10.4 Å². The largest absolute Gasteiger partial charge is 0.397 e. The van der Waals surface area contributed by atoms with E-state index in [0.717, 1.165) is 44.9 Å². The lowest BCUT2D eigenvalue weighted by Gasteiger charge is -2.41. The van der Waals surface area contributed by atoms with Crippen LogP contribution in [-0.4, -0.2) is 107 Å². The van der Waals surface area contributed by atoms with Crippen molar-refractivity contribution in [1.29, 1.82) is 0 Å². The maximum Gasteiger partial charge on any atom is 0.397 e. The first-order chi connectivity index (χ1) is 26.9. The fourth-order valence-electron chi connectivity index (χ4n) is 7.41. The highest BCUT2D eigenvalue weighted by molar-refractivity contribution is 7.80. The average molecular weight is 826 g/mol. The van der Waals surface area contributed by atoms with E-state index >= 15 is 0 Å². The SMILES string of the molecule is CCCCCCCCCCCCCCCCCCCCCCCCC(O)C(=O)NC(COC1OC(CO)C(O)C(OS(=O)(=O)O)C1O)C(O)CCCCCCC. The van der Waals surface area contributed by atoms with Gasteiger partial charge in [-0.2, -0.15) is 8.42 Å². The van der Waals surface area contributed by atoms with E-state index in [1.165, 1.54) is 116 Å². The van der Waals surface area contributed by atoms with E-state index in [4.69, 9.17) is 14.0 Å². The molecule has 7 N–H and O–H groups in total. The summed E-state index contributed by atoms with van der Waals surface area (Å²) in [5.74, 6) is -0.673. The zero-order chi connectivity index (χ0) is 41.4. The van der Waals surface area contributed by atoms with Crippen molar-refractivity contribution in [2.45, 2.75) is 249 Å². The summed E-state index contributed by atoms with van der Waals surface area (Å²) in [4.78, 5) is 13.0. The van der Waals surface area contributed by atoms with Gasteiger partial charge in [0, 0.05) is 0 Å². The highest BCUT2D eigenvalue weighted by Crippen LogP contribution is 2.26. The zero-order valence-corrected chi connectivity index (χ0v) is 35.9. The van der Waals surface area contributed by atoms with E-state index < -0.39 is 78.5 Å². The molecule has 0 bridgehead atoms. The average Bonchev–Trinajstić information content (AvgIpc) is 3.16. The fraction of sp³-hybridized carbons (Fsp3) is 0.976. The molecule has 1 saturated heterocycles. The number of nitrogens with one attached hydrogen (secondary N) is 1. The van der Waals surface area contributed by atoms with Crippen molar-refractivity contribution in [1.82, 2.24) is 5.32 Å². The molecule has 0 aromatic heterocycles. The molecular weight excluding hydrogens is 743 g/mol. The van der Waals surface area contributed by atoms with Crippen LogP contribution in [0, 0.1) is 0 Å². The molecule has 8 atom stereocenters. The van der Waals surface area contributed by atoms with Gasteiger partial charge in [0.15, 0.2) is 6.29 Å². The summed E-state index contributed by atoms with van der Waals surface area (Å²) in [6.45, 7) is 3.17. The van der Waals surface area contributed by atoms with E-state index in [9.17, 15) is 38.7 Å². The van der Waals surface area contributed by atoms with Gasteiger partial charge in [-0.25, -0.2) is 4.18 Å². The molecule has 1 aliphatic rings. The molecule has 56 heavy (non-hydrogen) atoms. The summed E-state index contributed by atoms with van der Waals surface area (Å²) in [6, 6.07) is -1.02. The van der Waals surface area contributed by atoms with Gasteiger partial charge in [0.05, 0.1) is 25.4 Å². The van der Waals surface area contributed by atoms with Crippen molar-refractivity contribution in [2.75, 3.05) is 13.2 Å². The molecule has 14 heteroatoms. The number of carbonyl (C=O) groups is 1.